The summed E-state index contributed by atoms with van der Waals surface area (Å²) in [6.07, 6.45) is 0. The van der Waals surface area contributed by atoms with E-state index >= 15 is 0 Å². The predicted octanol–water partition coefficient (Wildman–Crippen LogP) is 4.55. The van der Waals surface area contributed by atoms with E-state index in [-0.39, 0.29) is 0 Å². The van der Waals surface area contributed by atoms with Crippen molar-refractivity contribution in [2.75, 3.05) is 6.54 Å². The number of hydrogen-bond acceptors (Lipinski definition) is 2. The Morgan fingerprint density at radius 2 is 1.89 bits per heavy atom. The van der Waals surface area contributed by atoms with E-state index in [1.807, 2.05) is 6.07 Å². The van der Waals surface area contributed by atoms with Crippen molar-refractivity contribution in [1.29, 1.82) is 0 Å². The second kappa shape index (κ2) is 6.41. The first-order valence-corrected chi connectivity index (χ1v) is 7.55. The molecule has 0 saturated heterocycles. The van der Waals surface area contributed by atoms with E-state index in [1.54, 1.807) is 11.8 Å². The van der Waals surface area contributed by atoms with Crippen LogP contribution in [0.3, 0.4) is 0 Å². The van der Waals surface area contributed by atoms with Crippen molar-refractivity contribution in [3.8, 4) is 0 Å². The van der Waals surface area contributed by atoms with Crippen molar-refractivity contribution in [2.24, 2.45) is 5.73 Å². The lowest BCUT2D eigenvalue weighted by Crippen LogP contribution is -2.09. The van der Waals surface area contributed by atoms with Gasteiger partial charge in [-0.2, -0.15) is 0 Å². The summed E-state index contributed by atoms with van der Waals surface area (Å²) < 4.78 is 1.10. The highest BCUT2D eigenvalue weighted by Gasteiger charge is 2.11. The van der Waals surface area contributed by atoms with Gasteiger partial charge < -0.3 is 5.73 Å². The SMILES string of the molecule is Cc1ccc(C(CN)Sc2cccc(Br)c2)cc1. The van der Waals surface area contributed by atoms with Crippen LogP contribution in [-0.4, -0.2) is 6.54 Å². The number of hydrogen-bond donors (Lipinski definition) is 1. The second-order valence-corrected chi connectivity index (χ2v) is 6.40. The molecular weight excluding hydrogens is 306 g/mol. The Balaban J connectivity index is 2.17. The van der Waals surface area contributed by atoms with Gasteiger partial charge >= 0.3 is 0 Å². The molecule has 2 N–H and O–H groups in total. The minimum absolute atomic E-state index is 0.305. The Morgan fingerprint density at radius 3 is 2.50 bits per heavy atom. The van der Waals surface area contributed by atoms with Gasteiger partial charge in [-0.3, -0.25) is 0 Å². The molecule has 2 aromatic rings. The lowest BCUT2D eigenvalue weighted by molar-refractivity contribution is 0.940. The van der Waals surface area contributed by atoms with Gasteiger partial charge in [-0.05, 0) is 30.7 Å². The standard InChI is InChI=1S/C15H16BrNS/c1-11-5-7-12(8-6-11)15(10-17)18-14-4-2-3-13(16)9-14/h2-9,15H,10,17H2,1H3. The van der Waals surface area contributed by atoms with Gasteiger partial charge in [0.1, 0.15) is 0 Å². The molecule has 0 aliphatic rings. The molecule has 0 amide bonds. The third-order valence-electron chi connectivity index (χ3n) is 2.74. The topological polar surface area (TPSA) is 26.0 Å². The van der Waals surface area contributed by atoms with Crippen LogP contribution < -0.4 is 5.73 Å². The van der Waals surface area contributed by atoms with Gasteiger partial charge in [0.2, 0.25) is 0 Å². The van der Waals surface area contributed by atoms with Gasteiger partial charge in [0.25, 0.3) is 0 Å². The van der Waals surface area contributed by atoms with Gasteiger partial charge in [0, 0.05) is 21.2 Å². The molecule has 0 heterocycles. The molecule has 1 unspecified atom stereocenters. The minimum atomic E-state index is 0.305. The predicted molar refractivity (Wildman–Crippen MR) is 83.0 cm³/mol. The molecule has 0 saturated carbocycles. The van der Waals surface area contributed by atoms with Gasteiger partial charge in [0.05, 0.1) is 0 Å². The summed E-state index contributed by atoms with van der Waals surface area (Å²) in [5, 5.41) is 0.305. The molecule has 1 nitrogen and oxygen atoms in total. The zero-order chi connectivity index (χ0) is 13.0. The van der Waals surface area contributed by atoms with Crippen molar-refractivity contribution < 1.29 is 0 Å². The summed E-state index contributed by atoms with van der Waals surface area (Å²) in [6.45, 7) is 2.74. The van der Waals surface area contributed by atoms with Gasteiger partial charge in [0.15, 0.2) is 0 Å². The Labute approximate surface area is 121 Å². The second-order valence-electron chi connectivity index (χ2n) is 4.21. The summed E-state index contributed by atoms with van der Waals surface area (Å²) in [6, 6.07) is 16.9. The number of thioether (sulfide) groups is 1. The van der Waals surface area contributed by atoms with Crippen molar-refractivity contribution >= 4 is 27.7 Å². The first-order valence-electron chi connectivity index (χ1n) is 5.88. The Bertz CT molecular complexity index is 510. The average molecular weight is 322 g/mol. The van der Waals surface area contributed by atoms with Crippen LogP contribution in [0, 0.1) is 6.92 Å². The van der Waals surface area contributed by atoms with Crippen LogP contribution in [-0.2, 0) is 0 Å². The molecule has 2 rings (SSSR count). The molecule has 3 heteroatoms. The highest BCUT2D eigenvalue weighted by molar-refractivity contribution is 9.10. The Kier molecular flexibility index (Phi) is 4.87. The van der Waals surface area contributed by atoms with Crippen molar-refractivity contribution in [3.05, 3.63) is 64.1 Å². The first-order chi connectivity index (χ1) is 8.69. The molecule has 0 radical (unpaired) electrons. The van der Waals surface area contributed by atoms with E-state index in [4.69, 9.17) is 5.73 Å². The van der Waals surface area contributed by atoms with Crippen LogP contribution in [0.1, 0.15) is 16.4 Å². The summed E-state index contributed by atoms with van der Waals surface area (Å²) in [5.41, 5.74) is 8.46. The zero-order valence-corrected chi connectivity index (χ0v) is 12.7. The Morgan fingerprint density at radius 1 is 1.17 bits per heavy atom. The molecular formula is C15H16BrNS. The molecule has 18 heavy (non-hydrogen) atoms. The highest BCUT2D eigenvalue weighted by Crippen LogP contribution is 2.35. The average Bonchev–Trinajstić information content (AvgIpc) is 2.37. The molecule has 0 fully saturated rings. The van der Waals surface area contributed by atoms with E-state index in [1.165, 1.54) is 16.0 Å². The maximum atomic E-state index is 5.90. The molecule has 2 aromatic carbocycles. The summed E-state index contributed by atoms with van der Waals surface area (Å²) in [7, 11) is 0. The smallest absolute Gasteiger partial charge is 0.0466 e. The molecule has 0 aliphatic heterocycles. The van der Waals surface area contributed by atoms with E-state index < -0.39 is 0 Å². The van der Waals surface area contributed by atoms with Crippen LogP contribution in [0.2, 0.25) is 0 Å². The summed E-state index contributed by atoms with van der Waals surface area (Å²) in [4.78, 5) is 1.24. The molecule has 0 spiro atoms. The molecule has 1 atom stereocenters. The van der Waals surface area contributed by atoms with Crippen molar-refractivity contribution in [2.45, 2.75) is 17.1 Å². The van der Waals surface area contributed by atoms with E-state index in [0.29, 0.717) is 11.8 Å². The zero-order valence-electron chi connectivity index (χ0n) is 10.3. The first kappa shape index (κ1) is 13.7. The van der Waals surface area contributed by atoms with E-state index in [9.17, 15) is 0 Å². The third kappa shape index (κ3) is 3.61. The maximum Gasteiger partial charge on any atom is 0.0466 e. The van der Waals surface area contributed by atoms with Crippen LogP contribution >= 0.6 is 27.7 Å². The number of aryl methyl sites for hydroxylation is 1. The van der Waals surface area contributed by atoms with Crippen LogP contribution in [0.25, 0.3) is 0 Å². The quantitative estimate of drug-likeness (QED) is 0.836. The molecule has 0 aromatic heterocycles. The fourth-order valence-corrected chi connectivity index (χ4v) is 3.36. The Hall–Kier alpha value is -0.770. The number of benzene rings is 2. The van der Waals surface area contributed by atoms with E-state index in [0.717, 1.165) is 4.47 Å². The summed E-state index contributed by atoms with van der Waals surface area (Å²) in [5.74, 6) is 0. The van der Waals surface area contributed by atoms with Gasteiger partial charge in [-0.15, -0.1) is 11.8 Å². The minimum Gasteiger partial charge on any atom is -0.329 e. The highest BCUT2D eigenvalue weighted by atomic mass is 79.9. The van der Waals surface area contributed by atoms with Crippen molar-refractivity contribution in [3.63, 3.8) is 0 Å². The fourth-order valence-electron chi connectivity index (χ4n) is 1.74. The lowest BCUT2D eigenvalue weighted by Gasteiger charge is -2.15. The number of halogens is 1. The van der Waals surface area contributed by atoms with Gasteiger partial charge in [-0.25, -0.2) is 0 Å². The van der Waals surface area contributed by atoms with Crippen LogP contribution in [0.15, 0.2) is 57.9 Å². The lowest BCUT2D eigenvalue weighted by atomic mass is 10.1. The monoisotopic (exact) mass is 321 g/mol. The van der Waals surface area contributed by atoms with Crippen LogP contribution in [0.5, 0.6) is 0 Å². The molecule has 94 valence electrons. The third-order valence-corrected chi connectivity index (χ3v) is 4.51. The van der Waals surface area contributed by atoms with Gasteiger partial charge in [-0.1, -0.05) is 51.8 Å². The summed E-state index contributed by atoms with van der Waals surface area (Å²) >= 11 is 5.30. The molecule has 0 aliphatic carbocycles. The fraction of sp³-hybridized carbons (Fsp3) is 0.200. The van der Waals surface area contributed by atoms with Crippen molar-refractivity contribution in [1.82, 2.24) is 0 Å². The number of nitrogens with two attached hydrogens (primary N) is 1. The van der Waals surface area contributed by atoms with Crippen LogP contribution in [0.4, 0.5) is 0 Å². The van der Waals surface area contributed by atoms with E-state index in [2.05, 4.69) is 65.3 Å². The maximum absolute atomic E-state index is 5.90. The molecule has 0 bridgehead atoms. The number of rotatable bonds is 4. The largest absolute Gasteiger partial charge is 0.329 e. The normalized spacial score (nSPS) is 12.4.